The van der Waals surface area contributed by atoms with Crippen LogP contribution in [0, 0.1) is 5.82 Å². The quantitative estimate of drug-likeness (QED) is 0.901. The van der Waals surface area contributed by atoms with Gasteiger partial charge in [0.15, 0.2) is 0 Å². The zero-order valence-corrected chi connectivity index (χ0v) is 10.9. The average Bonchev–Trinajstić information content (AvgIpc) is 3.11. The highest BCUT2D eigenvalue weighted by Crippen LogP contribution is 2.30. The standard InChI is InChI=1S/C15H19FN2O/c16-13-5-2-1-4-11(13)10-18(12-7-8-12)15(19)14-6-3-9-17-14/h1-2,4-5,12,14,17H,3,6-10H2. The van der Waals surface area contributed by atoms with Gasteiger partial charge in [0.25, 0.3) is 0 Å². The summed E-state index contributed by atoms with van der Waals surface area (Å²) >= 11 is 0. The van der Waals surface area contributed by atoms with Gasteiger partial charge in [-0.2, -0.15) is 0 Å². The molecule has 1 aliphatic heterocycles. The fourth-order valence-corrected chi connectivity index (χ4v) is 2.68. The number of hydrogen-bond donors (Lipinski definition) is 1. The van der Waals surface area contributed by atoms with Gasteiger partial charge >= 0.3 is 0 Å². The Morgan fingerprint density at radius 3 is 2.74 bits per heavy atom. The third-order valence-corrected chi connectivity index (χ3v) is 3.93. The van der Waals surface area contributed by atoms with Crippen LogP contribution in [0.5, 0.6) is 0 Å². The second-order valence-electron chi connectivity index (χ2n) is 5.44. The SMILES string of the molecule is O=C(C1CCCN1)N(Cc1ccccc1F)C1CC1. The summed E-state index contributed by atoms with van der Waals surface area (Å²) < 4.78 is 13.7. The molecule has 19 heavy (non-hydrogen) atoms. The molecule has 1 aromatic rings. The minimum Gasteiger partial charge on any atom is -0.334 e. The monoisotopic (exact) mass is 262 g/mol. The molecule has 1 N–H and O–H groups in total. The zero-order valence-electron chi connectivity index (χ0n) is 10.9. The van der Waals surface area contributed by atoms with Crippen molar-refractivity contribution >= 4 is 5.91 Å². The first-order valence-electron chi connectivity index (χ1n) is 7.03. The number of amides is 1. The van der Waals surface area contributed by atoms with Crippen molar-refractivity contribution in [2.24, 2.45) is 0 Å². The Morgan fingerprint density at radius 1 is 1.32 bits per heavy atom. The molecule has 3 rings (SSSR count). The molecule has 2 aliphatic rings. The molecule has 102 valence electrons. The van der Waals surface area contributed by atoms with E-state index in [0.717, 1.165) is 32.2 Å². The highest BCUT2D eigenvalue weighted by molar-refractivity contribution is 5.82. The number of rotatable bonds is 4. The number of nitrogens with one attached hydrogen (secondary N) is 1. The molecule has 1 aliphatic carbocycles. The largest absolute Gasteiger partial charge is 0.334 e. The van der Waals surface area contributed by atoms with E-state index in [0.29, 0.717) is 18.2 Å². The highest BCUT2D eigenvalue weighted by Gasteiger charge is 2.36. The molecule has 2 fully saturated rings. The zero-order chi connectivity index (χ0) is 13.2. The van der Waals surface area contributed by atoms with Crippen molar-refractivity contribution in [2.45, 2.75) is 44.3 Å². The maximum atomic E-state index is 13.7. The van der Waals surface area contributed by atoms with Crippen LogP contribution >= 0.6 is 0 Å². The molecule has 1 unspecified atom stereocenters. The molecular weight excluding hydrogens is 243 g/mol. The van der Waals surface area contributed by atoms with Crippen LogP contribution in [0.25, 0.3) is 0 Å². The Labute approximate surface area is 112 Å². The van der Waals surface area contributed by atoms with E-state index in [1.165, 1.54) is 6.07 Å². The summed E-state index contributed by atoms with van der Waals surface area (Å²) in [5, 5.41) is 3.23. The average molecular weight is 262 g/mol. The summed E-state index contributed by atoms with van der Waals surface area (Å²) in [6, 6.07) is 6.98. The Kier molecular flexibility index (Phi) is 3.51. The van der Waals surface area contributed by atoms with Gasteiger partial charge < -0.3 is 10.2 Å². The van der Waals surface area contributed by atoms with Gasteiger partial charge in [-0.25, -0.2) is 4.39 Å². The van der Waals surface area contributed by atoms with Crippen molar-refractivity contribution < 1.29 is 9.18 Å². The minimum absolute atomic E-state index is 0.0626. The van der Waals surface area contributed by atoms with E-state index in [4.69, 9.17) is 0 Å². The van der Waals surface area contributed by atoms with Crippen LogP contribution in [-0.4, -0.2) is 29.4 Å². The third kappa shape index (κ3) is 2.78. The molecule has 1 saturated carbocycles. The molecule has 3 nitrogen and oxygen atoms in total. The number of carbonyl (C=O) groups excluding carboxylic acids is 1. The van der Waals surface area contributed by atoms with Crippen molar-refractivity contribution in [2.75, 3.05) is 6.54 Å². The van der Waals surface area contributed by atoms with Crippen molar-refractivity contribution in [1.29, 1.82) is 0 Å². The Morgan fingerprint density at radius 2 is 2.11 bits per heavy atom. The van der Waals surface area contributed by atoms with E-state index in [1.54, 1.807) is 12.1 Å². The second kappa shape index (κ2) is 5.29. The first-order chi connectivity index (χ1) is 9.25. The van der Waals surface area contributed by atoms with Gasteiger partial charge in [-0.05, 0) is 38.3 Å². The number of hydrogen-bond acceptors (Lipinski definition) is 2. The second-order valence-corrected chi connectivity index (χ2v) is 5.44. The molecule has 1 heterocycles. The van der Waals surface area contributed by atoms with E-state index >= 15 is 0 Å². The molecule has 0 spiro atoms. The number of nitrogens with zero attached hydrogens (tertiary/aromatic N) is 1. The minimum atomic E-state index is -0.222. The lowest BCUT2D eigenvalue weighted by Crippen LogP contribution is -2.44. The molecule has 0 bridgehead atoms. The first kappa shape index (κ1) is 12.6. The fraction of sp³-hybridized carbons (Fsp3) is 0.533. The normalized spacial score (nSPS) is 22.5. The lowest BCUT2D eigenvalue weighted by atomic mass is 10.1. The third-order valence-electron chi connectivity index (χ3n) is 3.93. The summed E-state index contributed by atoms with van der Waals surface area (Å²) in [6.07, 6.45) is 4.05. The molecule has 0 radical (unpaired) electrons. The van der Waals surface area contributed by atoms with Crippen molar-refractivity contribution in [3.63, 3.8) is 0 Å². The maximum Gasteiger partial charge on any atom is 0.240 e. The Hall–Kier alpha value is -1.42. The lowest BCUT2D eigenvalue weighted by molar-refractivity contribution is -0.134. The topological polar surface area (TPSA) is 32.3 Å². The fourth-order valence-electron chi connectivity index (χ4n) is 2.68. The van der Waals surface area contributed by atoms with Gasteiger partial charge in [0.2, 0.25) is 5.91 Å². The van der Waals surface area contributed by atoms with Crippen LogP contribution < -0.4 is 5.32 Å². The number of carbonyl (C=O) groups is 1. The highest BCUT2D eigenvalue weighted by atomic mass is 19.1. The smallest absolute Gasteiger partial charge is 0.240 e. The van der Waals surface area contributed by atoms with E-state index in [9.17, 15) is 9.18 Å². The van der Waals surface area contributed by atoms with Crippen LogP contribution in [0.1, 0.15) is 31.2 Å². The first-order valence-corrected chi connectivity index (χ1v) is 7.03. The van der Waals surface area contributed by atoms with Gasteiger partial charge in [-0.15, -0.1) is 0 Å². The predicted molar refractivity (Wildman–Crippen MR) is 71.0 cm³/mol. The van der Waals surface area contributed by atoms with E-state index in [2.05, 4.69) is 5.32 Å². The van der Waals surface area contributed by atoms with Crippen LogP contribution in [0.3, 0.4) is 0 Å². The summed E-state index contributed by atoms with van der Waals surface area (Å²) in [4.78, 5) is 14.3. The molecule has 1 atom stereocenters. The van der Waals surface area contributed by atoms with Crippen molar-refractivity contribution in [3.05, 3.63) is 35.6 Å². The maximum absolute atomic E-state index is 13.7. The number of benzene rings is 1. The molecular formula is C15H19FN2O. The van der Waals surface area contributed by atoms with Gasteiger partial charge in [0.05, 0.1) is 6.04 Å². The van der Waals surface area contributed by atoms with E-state index < -0.39 is 0 Å². The van der Waals surface area contributed by atoms with Crippen LogP contribution in [0.2, 0.25) is 0 Å². The van der Waals surface area contributed by atoms with Gasteiger partial charge in [-0.1, -0.05) is 18.2 Å². The van der Waals surface area contributed by atoms with Crippen LogP contribution in [0.4, 0.5) is 4.39 Å². The number of halogens is 1. The predicted octanol–water partition coefficient (Wildman–Crippen LogP) is 2.07. The van der Waals surface area contributed by atoms with E-state index in [1.807, 2.05) is 11.0 Å². The Balaban J connectivity index is 1.74. The summed E-state index contributed by atoms with van der Waals surface area (Å²) in [5.74, 6) is -0.0800. The molecule has 1 amide bonds. The summed E-state index contributed by atoms with van der Waals surface area (Å²) in [6.45, 7) is 1.31. The van der Waals surface area contributed by atoms with Gasteiger partial charge in [0, 0.05) is 18.2 Å². The summed E-state index contributed by atoms with van der Waals surface area (Å²) in [7, 11) is 0. The summed E-state index contributed by atoms with van der Waals surface area (Å²) in [5.41, 5.74) is 0.612. The molecule has 1 saturated heterocycles. The van der Waals surface area contributed by atoms with Crippen molar-refractivity contribution in [1.82, 2.24) is 10.2 Å². The van der Waals surface area contributed by atoms with Crippen molar-refractivity contribution in [3.8, 4) is 0 Å². The lowest BCUT2D eigenvalue weighted by Gasteiger charge is -2.26. The van der Waals surface area contributed by atoms with E-state index in [-0.39, 0.29) is 17.8 Å². The van der Waals surface area contributed by atoms with Crippen LogP contribution in [-0.2, 0) is 11.3 Å². The molecule has 4 heteroatoms. The van der Waals surface area contributed by atoms with Gasteiger partial charge in [-0.3, -0.25) is 4.79 Å². The van der Waals surface area contributed by atoms with Crippen LogP contribution in [0.15, 0.2) is 24.3 Å². The molecule has 0 aromatic heterocycles. The molecule has 1 aromatic carbocycles. The van der Waals surface area contributed by atoms with Gasteiger partial charge in [0.1, 0.15) is 5.82 Å². The Bertz CT molecular complexity index is 467.